The number of ether oxygens (including phenoxy) is 2. The fraction of sp³-hybridized carbons (Fsp3) is 0.692. The second kappa shape index (κ2) is 6.29. The third kappa shape index (κ3) is 10.8. The molecule has 0 radical (unpaired) electrons. The largest absolute Gasteiger partial charge is 0.459 e. The molecule has 1 amide bonds. The smallest absolute Gasteiger partial charge is 0.419 e. The lowest BCUT2D eigenvalue weighted by atomic mass is 10.2. The van der Waals surface area contributed by atoms with Gasteiger partial charge in [-0.05, 0) is 41.5 Å². The van der Waals surface area contributed by atoms with Gasteiger partial charge in [0, 0.05) is 6.04 Å². The van der Waals surface area contributed by atoms with Gasteiger partial charge in [-0.1, -0.05) is 5.92 Å². The molecule has 0 aromatic rings. The Balaban J connectivity index is 4.00. The maximum Gasteiger partial charge on any atom is 0.419 e. The molecule has 0 fully saturated rings. The molecule has 18 heavy (non-hydrogen) atoms. The summed E-state index contributed by atoms with van der Waals surface area (Å²) in [6.07, 6.45) is -0.716. The van der Waals surface area contributed by atoms with Gasteiger partial charge in [0.25, 0.3) is 0 Å². The SMILES string of the molecule is CC(C)(C)OC(=O)CC#CNC(=O)OC(C)(C)C. The van der Waals surface area contributed by atoms with Gasteiger partial charge in [-0.3, -0.25) is 4.79 Å². The number of amides is 1. The van der Waals surface area contributed by atoms with Crippen LogP contribution in [0, 0.1) is 12.0 Å². The van der Waals surface area contributed by atoms with Crippen LogP contribution in [0.5, 0.6) is 0 Å². The molecular weight excluding hydrogens is 234 g/mol. The average Bonchev–Trinajstić information content (AvgIpc) is 2.06. The fourth-order valence-electron chi connectivity index (χ4n) is 0.893. The Morgan fingerprint density at radius 3 is 1.94 bits per heavy atom. The molecule has 0 atom stereocenters. The summed E-state index contributed by atoms with van der Waals surface area (Å²) in [4.78, 5) is 22.4. The third-order valence-corrected chi connectivity index (χ3v) is 1.30. The van der Waals surface area contributed by atoms with Crippen LogP contribution in [0.2, 0.25) is 0 Å². The Labute approximate surface area is 108 Å². The maximum absolute atomic E-state index is 11.3. The van der Waals surface area contributed by atoms with Gasteiger partial charge in [-0.2, -0.15) is 0 Å². The minimum atomic E-state index is -0.640. The Bertz CT molecular complexity index is 329. The van der Waals surface area contributed by atoms with Gasteiger partial charge < -0.3 is 9.47 Å². The van der Waals surface area contributed by atoms with Crippen LogP contribution in [0.3, 0.4) is 0 Å². The van der Waals surface area contributed by atoms with E-state index in [9.17, 15) is 9.59 Å². The molecule has 1 N–H and O–H groups in total. The number of carbonyl (C=O) groups is 2. The highest BCUT2D eigenvalue weighted by atomic mass is 16.6. The first-order chi connectivity index (χ1) is 7.99. The van der Waals surface area contributed by atoms with Crippen molar-refractivity contribution in [1.82, 2.24) is 5.32 Å². The first kappa shape index (κ1) is 16.3. The Morgan fingerprint density at radius 1 is 1.00 bits per heavy atom. The molecule has 0 aromatic heterocycles. The molecule has 0 heterocycles. The van der Waals surface area contributed by atoms with Crippen LogP contribution < -0.4 is 5.32 Å². The van der Waals surface area contributed by atoms with Gasteiger partial charge in [-0.15, -0.1) is 0 Å². The Hall–Kier alpha value is -1.70. The molecule has 0 aliphatic carbocycles. The molecule has 0 aromatic carbocycles. The van der Waals surface area contributed by atoms with Crippen LogP contribution >= 0.6 is 0 Å². The molecule has 5 nitrogen and oxygen atoms in total. The predicted octanol–water partition coefficient (Wildman–Crippen LogP) is 2.20. The van der Waals surface area contributed by atoms with Crippen molar-refractivity contribution in [3.63, 3.8) is 0 Å². The van der Waals surface area contributed by atoms with Gasteiger partial charge in [0.2, 0.25) is 0 Å². The summed E-state index contributed by atoms with van der Waals surface area (Å²) in [5.41, 5.74) is -1.10. The molecule has 0 spiro atoms. The lowest BCUT2D eigenvalue weighted by Crippen LogP contribution is -2.30. The summed E-state index contributed by atoms with van der Waals surface area (Å²) < 4.78 is 10.00. The fourth-order valence-corrected chi connectivity index (χ4v) is 0.893. The van der Waals surface area contributed by atoms with E-state index < -0.39 is 23.3 Å². The van der Waals surface area contributed by atoms with E-state index >= 15 is 0 Å². The molecule has 0 saturated heterocycles. The van der Waals surface area contributed by atoms with E-state index in [1.54, 1.807) is 41.5 Å². The standard InChI is InChI=1S/C13H21NO4/c1-12(2,3)17-10(15)8-7-9-14-11(16)18-13(4,5)6/h8H2,1-6H3,(H,14,16). The normalized spacial score (nSPS) is 11.0. The summed E-state index contributed by atoms with van der Waals surface area (Å²) in [6, 6.07) is 2.35. The van der Waals surface area contributed by atoms with Crippen molar-refractivity contribution >= 4 is 12.1 Å². The maximum atomic E-state index is 11.3. The molecule has 0 bridgehead atoms. The highest BCUT2D eigenvalue weighted by Crippen LogP contribution is 2.07. The molecule has 0 aliphatic heterocycles. The zero-order valence-electron chi connectivity index (χ0n) is 11.8. The summed E-state index contributed by atoms with van der Waals surface area (Å²) in [6.45, 7) is 10.6. The highest BCUT2D eigenvalue weighted by molar-refractivity contribution is 5.73. The van der Waals surface area contributed by atoms with Gasteiger partial charge in [0.05, 0.1) is 0 Å². The number of carbonyl (C=O) groups excluding carboxylic acids is 2. The lowest BCUT2D eigenvalue weighted by Gasteiger charge is -2.18. The van der Waals surface area contributed by atoms with Crippen LogP contribution in [0.25, 0.3) is 0 Å². The number of hydrogen-bond donors (Lipinski definition) is 1. The molecule has 0 aliphatic rings. The molecule has 0 unspecified atom stereocenters. The molecule has 102 valence electrons. The molecular formula is C13H21NO4. The van der Waals surface area contributed by atoms with Crippen LogP contribution in [-0.2, 0) is 14.3 Å². The number of alkyl carbamates (subject to hydrolysis) is 1. The van der Waals surface area contributed by atoms with Crippen molar-refractivity contribution in [3.05, 3.63) is 0 Å². The van der Waals surface area contributed by atoms with Gasteiger partial charge in [0.15, 0.2) is 0 Å². The predicted molar refractivity (Wildman–Crippen MR) is 67.6 cm³/mol. The highest BCUT2D eigenvalue weighted by Gasteiger charge is 2.16. The third-order valence-electron chi connectivity index (χ3n) is 1.30. The summed E-state index contributed by atoms with van der Waals surface area (Å²) >= 11 is 0. The van der Waals surface area contributed by atoms with E-state index in [1.807, 2.05) is 0 Å². The van der Waals surface area contributed by atoms with Crippen molar-refractivity contribution in [3.8, 4) is 12.0 Å². The van der Waals surface area contributed by atoms with Crippen LogP contribution in [0.15, 0.2) is 0 Å². The van der Waals surface area contributed by atoms with Crippen molar-refractivity contribution in [1.29, 1.82) is 0 Å². The van der Waals surface area contributed by atoms with E-state index in [-0.39, 0.29) is 6.42 Å². The van der Waals surface area contributed by atoms with Crippen LogP contribution in [-0.4, -0.2) is 23.3 Å². The first-order valence-electron chi connectivity index (χ1n) is 5.68. The van der Waals surface area contributed by atoms with E-state index in [0.29, 0.717) is 0 Å². The Kier molecular flexibility index (Phi) is 5.70. The van der Waals surface area contributed by atoms with E-state index in [0.717, 1.165) is 0 Å². The van der Waals surface area contributed by atoms with Gasteiger partial charge in [0.1, 0.15) is 17.6 Å². The second-order valence-electron chi connectivity index (χ2n) is 5.69. The summed E-state index contributed by atoms with van der Waals surface area (Å²) in [5, 5.41) is 2.23. The van der Waals surface area contributed by atoms with E-state index in [2.05, 4.69) is 17.3 Å². The van der Waals surface area contributed by atoms with E-state index in [1.165, 1.54) is 0 Å². The van der Waals surface area contributed by atoms with Crippen LogP contribution in [0.1, 0.15) is 48.0 Å². The summed E-state index contributed by atoms with van der Waals surface area (Å²) in [7, 11) is 0. The van der Waals surface area contributed by atoms with Crippen LogP contribution in [0.4, 0.5) is 4.79 Å². The topological polar surface area (TPSA) is 64.6 Å². The van der Waals surface area contributed by atoms with Gasteiger partial charge in [-0.25, -0.2) is 10.1 Å². The minimum Gasteiger partial charge on any atom is -0.459 e. The number of nitrogens with one attached hydrogen (secondary N) is 1. The first-order valence-corrected chi connectivity index (χ1v) is 5.68. The zero-order valence-corrected chi connectivity index (χ0v) is 11.8. The number of hydrogen-bond acceptors (Lipinski definition) is 4. The molecule has 0 rings (SSSR count). The Morgan fingerprint density at radius 2 is 1.50 bits per heavy atom. The molecule has 0 saturated carbocycles. The average molecular weight is 255 g/mol. The quantitative estimate of drug-likeness (QED) is 0.443. The lowest BCUT2D eigenvalue weighted by molar-refractivity contribution is -0.153. The zero-order chi connectivity index (χ0) is 14.4. The van der Waals surface area contributed by atoms with Crippen molar-refractivity contribution in [2.45, 2.75) is 59.2 Å². The summed E-state index contributed by atoms with van der Waals surface area (Å²) in [5.74, 6) is 2.06. The minimum absolute atomic E-state index is 0.0763. The van der Waals surface area contributed by atoms with Crippen molar-refractivity contribution in [2.24, 2.45) is 0 Å². The number of esters is 1. The van der Waals surface area contributed by atoms with Gasteiger partial charge >= 0.3 is 12.1 Å². The molecule has 5 heteroatoms. The van der Waals surface area contributed by atoms with Crippen molar-refractivity contribution in [2.75, 3.05) is 0 Å². The monoisotopic (exact) mass is 255 g/mol. The van der Waals surface area contributed by atoms with Crippen molar-refractivity contribution < 1.29 is 19.1 Å². The second-order valence-corrected chi connectivity index (χ2v) is 5.69. The van der Waals surface area contributed by atoms with E-state index in [4.69, 9.17) is 9.47 Å². The number of rotatable bonds is 1.